The Morgan fingerprint density at radius 2 is 0.615 bits per heavy atom. The third kappa shape index (κ3) is 16.6. The minimum absolute atomic E-state index is 0.307. The fraction of sp³-hybridized carbons (Fsp3) is 0.500. The lowest BCUT2D eigenvalue weighted by atomic mass is 10.1. The Bertz CT molecular complexity index is 847. The van der Waals surface area contributed by atoms with Gasteiger partial charge < -0.3 is 46.9 Å². The molecule has 0 heterocycles. The molecule has 222 valence electrons. The van der Waals surface area contributed by atoms with Gasteiger partial charge in [0.2, 0.25) is 0 Å². The highest BCUT2D eigenvalue weighted by molar-refractivity contribution is 6.00. The number of nitro groups is 3. The molecular formula is C12H21N9O18. The standard InChI is InChI=1S/C12H18N6O9.3HNO3/c19-4-1-13-7-10(16(22)23)8(14-2-5-20)12(18(26)27)9(15-3-6-21)11(7)17(24)25;3*2-1(3)4/h13-15,19-21H,1-6H2;3*(H,2,3,4). The zero-order valence-corrected chi connectivity index (χ0v) is 19.0. The van der Waals surface area contributed by atoms with Crippen LogP contribution in [-0.4, -0.2) is 100 Å². The number of anilines is 3. The van der Waals surface area contributed by atoms with Gasteiger partial charge >= 0.3 is 17.1 Å². The summed E-state index contributed by atoms with van der Waals surface area (Å²) in [5.41, 5.74) is -4.93. The number of hydrogen-bond donors (Lipinski definition) is 9. The fourth-order valence-corrected chi connectivity index (χ4v) is 2.30. The molecule has 1 aromatic carbocycles. The van der Waals surface area contributed by atoms with Crippen molar-refractivity contribution >= 4 is 34.1 Å². The molecule has 0 aromatic heterocycles. The van der Waals surface area contributed by atoms with Crippen LogP contribution in [0.5, 0.6) is 0 Å². The van der Waals surface area contributed by atoms with Gasteiger partial charge in [0.05, 0.1) is 34.6 Å². The Kier molecular flexibility index (Phi) is 19.9. The molecule has 0 saturated carbocycles. The molecule has 0 bridgehead atoms. The fourth-order valence-electron chi connectivity index (χ4n) is 2.30. The first-order valence-corrected chi connectivity index (χ1v) is 9.22. The van der Waals surface area contributed by atoms with Crippen LogP contribution in [-0.2, 0) is 0 Å². The first-order valence-electron chi connectivity index (χ1n) is 9.22. The molecule has 27 nitrogen and oxygen atoms in total. The molecule has 39 heavy (non-hydrogen) atoms. The predicted octanol–water partition coefficient (Wildman–Crippen LogP) is -1.42. The number of aliphatic hydroxyl groups is 3. The van der Waals surface area contributed by atoms with E-state index in [1.54, 1.807) is 0 Å². The second-order valence-electron chi connectivity index (χ2n) is 5.61. The van der Waals surface area contributed by atoms with Crippen LogP contribution < -0.4 is 16.0 Å². The van der Waals surface area contributed by atoms with Gasteiger partial charge in [-0.3, -0.25) is 30.3 Å². The lowest BCUT2D eigenvalue weighted by Crippen LogP contribution is -2.18. The van der Waals surface area contributed by atoms with Gasteiger partial charge in [-0.2, -0.15) is 0 Å². The summed E-state index contributed by atoms with van der Waals surface area (Å²) in [7, 11) is 0. The van der Waals surface area contributed by atoms with Crippen molar-refractivity contribution in [2.45, 2.75) is 0 Å². The van der Waals surface area contributed by atoms with E-state index in [0.717, 1.165) is 0 Å². The van der Waals surface area contributed by atoms with E-state index in [4.69, 9.17) is 61.3 Å². The van der Waals surface area contributed by atoms with Crippen molar-refractivity contribution in [2.24, 2.45) is 0 Å². The van der Waals surface area contributed by atoms with Crippen molar-refractivity contribution in [1.82, 2.24) is 0 Å². The number of nitrogens with one attached hydrogen (secondary N) is 3. The molecule has 0 aliphatic carbocycles. The topological polar surface area (TPSA) is 416 Å². The zero-order chi connectivity index (χ0) is 31.3. The average molecular weight is 579 g/mol. The Hall–Kier alpha value is -5.70. The normalized spacial score (nSPS) is 9.00. The highest BCUT2D eigenvalue weighted by Crippen LogP contribution is 2.52. The highest BCUT2D eigenvalue weighted by Gasteiger charge is 2.42. The maximum absolute atomic E-state index is 11.5. The van der Waals surface area contributed by atoms with E-state index in [9.17, 15) is 30.3 Å². The van der Waals surface area contributed by atoms with Gasteiger partial charge in [0.15, 0.2) is 17.1 Å². The van der Waals surface area contributed by atoms with Crippen LogP contribution in [0.4, 0.5) is 34.1 Å². The van der Waals surface area contributed by atoms with Crippen molar-refractivity contribution < 1.29 is 61.0 Å². The second kappa shape index (κ2) is 20.5. The lowest BCUT2D eigenvalue weighted by Gasteiger charge is -2.16. The first-order chi connectivity index (χ1) is 18.0. The molecule has 0 fully saturated rings. The maximum atomic E-state index is 11.5. The van der Waals surface area contributed by atoms with Crippen LogP contribution in [0.25, 0.3) is 0 Å². The number of benzene rings is 1. The number of nitrogens with zero attached hydrogens (tertiary/aromatic N) is 6. The van der Waals surface area contributed by atoms with E-state index >= 15 is 0 Å². The summed E-state index contributed by atoms with van der Waals surface area (Å²) in [6, 6.07) is 0. The van der Waals surface area contributed by atoms with Gasteiger partial charge in [-0.1, -0.05) is 0 Å². The van der Waals surface area contributed by atoms with E-state index in [1.165, 1.54) is 0 Å². The monoisotopic (exact) mass is 579 g/mol. The van der Waals surface area contributed by atoms with E-state index in [0.29, 0.717) is 0 Å². The van der Waals surface area contributed by atoms with Crippen molar-refractivity contribution in [3.8, 4) is 0 Å². The molecule has 0 radical (unpaired) electrons. The van der Waals surface area contributed by atoms with Gasteiger partial charge in [-0.25, -0.2) is 0 Å². The molecular weight excluding hydrogens is 558 g/mol. The molecule has 0 saturated heterocycles. The molecule has 0 aliphatic heterocycles. The van der Waals surface area contributed by atoms with Crippen LogP contribution in [0.1, 0.15) is 0 Å². The van der Waals surface area contributed by atoms with Crippen molar-refractivity contribution in [3.05, 3.63) is 60.7 Å². The first kappa shape index (κ1) is 37.8. The largest absolute Gasteiger partial charge is 0.395 e. The summed E-state index contributed by atoms with van der Waals surface area (Å²) in [6.45, 7) is -2.49. The summed E-state index contributed by atoms with van der Waals surface area (Å²) in [5.74, 6) is 0. The van der Waals surface area contributed by atoms with Gasteiger partial charge in [0.25, 0.3) is 15.3 Å². The Morgan fingerprint density at radius 1 is 0.462 bits per heavy atom. The van der Waals surface area contributed by atoms with Crippen molar-refractivity contribution in [3.63, 3.8) is 0 Å². The summed E-state index contributed by atoms with van der Waals surface area (Å²) in [5, 5.41) is 109. The summed E-state index contributed by atoms with van der Waals surface area (Å²) in [6.07, 6.45) is 0. The minimum Gasteiger partial charge on any atom is -0.395 e. The molecule has 0 atom stereocenters. The van der Waals surface area contributed by atoms with Crippen LogP contribution in [0.3, 0.4) is 0 Å². The van der Waals surface area contributed by atoms with Crippen molar-refractivity contribution in [1.29, 1.82) is 0 Å². The SMILES string of the molecule is O=[N+]([O-])O.O=[N+]([O-])O.O=[N+]([O-])O.O=[N+]([O-])c1c(NCCO)c([N+](=O)[O-])c(NCCO)c([N+](=O)[O-])c1NCCO. The van der Waals surface area contributed by atoms with Crippen LogP contribution in [0.2, 0.25) is 0 Å². The molecule has 0 unspecified atom stereocenters. The Balaban J connectivity index is -0.000000903. The van der Waals surface area contributed by atoms with E-state index in [1.807, 2.05) is 0 Å². The van der Waals surface area contributed by atoms with E-state index < -0.39 is 84.0 Å². The minimum atomic E-state index is -1.50. The van der Waals surface area contributed by atoms with Gasteiger partial charge in [0, 0.05) is 19.6 Å². The van der Waals surface area contributed by atoms with Gasteiger partial charge in [-0.05, 0) is 0 Å². The summed E-state index contributed by atoms with van der Waals surface area (Å²) < 4.78 is 0. The van der Waals surface area contributed by atoms with Crippen molar-refractivity contribution in [2.75, 3.05) is 55.4 Å². The average Bonchev–Trinajstić information content (AvgIpc) is 2.77. The Labute approximate surface area is 212 Å². The number of nitro benzene ring substituents is 3. The predicted molar refractivity (Wildman–Crippen MR) is 119 cm³/mol. The molecule has 1 aromatic rings. The van der Waals surface area contributed by atoms with Gasteiger partial charge in [-0.15, -0.1) is 30.3 Å². The molecule has 27 heteroatoms. The Morgan fingerprint density at radius 3 is 0.718 bits per heavy atom. The molecule has 0 amide bonds. The van der Waals surface area contributed by atoms with Crippen LogP contribution in [0, 0.1) is 60.7 Å². The third-order valence-corrected chi connectivity index (χ3v) is 3.21. The third-order valence-electron chi connectivity index (χ3n) is 3.21. The quantitative estimate of drug-likeness (QED) is 0.101. The molecule has 9 N–H and O–H groups in total. The van der Waals surface area contributed by atoms with Crippen LogP contribution >= 0.6 is 0 Å². The number of aliphatic hydroxyl groups excluding tert-OH is 3. The molecule has 1 rings (SSSR count). The zero-order valence-electron chi connectivity index (χ0n) is 19.0. The smallest absolute Gasteiger partial charge is 0.329 e. The lowest BCUT2D eigenvalue weighted by molar-refractivity contribution is -0.742. The van der Waals surface area contributed by atoms with Crippen LogP contribution in [0.15, 0.2) is 0 Å². The molecule has 0 aliphatic rings. The number of hydrogen-bond acceptors (Lipinski definition) is 18. The molecule has 0 spiro atoms. The van der Waals surface area contributed by atoms with E-state index in [2.05, 4.69) is 16.0 Å². The van der Waals surface area contributed by atoms with E-state index in [-0.39, 0.29) is 19.6 Å². The maximum Gasteiger partial charge on any atom is 0.329 e. The second-order valence-corrected chi connectivity index (χ2v) is 5.61. The summed E-state index contributed by atoms with van der Waals surface area (Å²) in [4.78, 5) is 56.6. The number of rotatable bonds is 12. The summed E-state index contributed by atoms with van der Waals surface area (Å²) >= 11 is 0. The highest BCUT2D eigenvalue weighted by atomic mass is 16.9. The van der Waals surface area contributed by atoms with Gasteiger partial charge in [0.1, 0.15) is 0 Å².